The first-order valence-electron chi connectivity index (χ1n) is 7.07. The molecule has 0 aromatic heterocycles. The van der Waals surface area contributed by atoms with Crippen LogP contribution in [0.1, 0.15) is 40.0 Å². The number of esters is 1. The molecule has 0 bridgehead atoms. The number of methoxy groups -OCH3 is 1. The summed E-state index contributed by atoms with van der Waals surface area (Å²) in [7, 11) is 1.59. The SMILES string of the molecule is COC(C)CCOC(=O)[C@@H](CCCNC(C)=O)NC(C)=O. The molecule has 2 N–H and O–H groups in total. The molecule has 0 heterocycles. The summed E-state index contributed by atoms with van der Waals surface area (Å²) in [6.45, 7) is 5.36. The average molecular weight is 302 g/mol. The van der Waals surface area contributed by atoms with Crippen LogP contribution in [0.15, 0.2) is 0 Å². The molecule has 7 heteroatoms. The van der Waals surface area contributed by atoms with Gasteiger partial charge in [0.1, 0.15) is 6.04 Å². The molecule has 122 valence electrons. The molecular weight excluding hydrogens is 276 g/mol. The van der Waals surface area contributed by atoms with E-state index in [2.05, 4.69) is 10.6 Å². The second kappa shape index (κ2) is 11.1. The summed E-state index contributed by atoms with van der Waals surface area (Å²) in [5.41, 5.74) is 0. The summed E-state index contributed by atoms with van der Waals surface area (Å²) in [5.74, 6) is -0.875. The molecule has 0 fully saturated rings. The van der Waals surface area contributed by atoms with Gasteiger partial charge in [-0.1, -0.05) is 0 Å². The number of amides is 2. The average Bonchev–Trinajstić information content (AvgIpc) is 2.41. The van der Waals surface area contributed by atoms with E-state index in [1.165, 1.54) is 13.8 Å². The number of hydrogen-bond donors (Lipinski definition) is 2. The highest BCUT2D eigenvalue weighted by Crippen LogP contribution is 2.02. The molecule has 0 spiro atoms. The van der Waals surface area contributed by atoms with E-state index in [1.807, 2.05) is 6.92 Å². The van der Waals surface area contributed by atoms with Crippen LogP contribution in [0.4, 0.5) is 0 Å². The largest absolute Gasteiger partial charge is 0.464 e. The lowest BCUT2D eigenvalue weighted by atomic mass is 10.1. The first-order chi connectivity index (χ1) is 9.86. The Morgan fingerprint density at radius 1 is 1.10 bits per heavy atom. The van der Waals surface area contributed by atoms with E-state index in [9.17, 15) is 14.4 Å². The van der Waals surface area contributed by atoms with E-state index in [0.717, 1.165) is 0 Å². The number of nitrogens with one attached hydrogen (secondary N) is 2. The minimum absolute atomic E-state index is 0.0109. The van der Waals surface area contributed by atoms with Crippen LogP contribution in [-0.2, 0) is 23.9 Å². The molecule has 0 aliphatic carbocycles. The third-order valence-electron chi connectivity index (χ3n) is 2.88. The number of rotatable bonds is 10. The summed E-state index contributed by atoms with van der Waals surface area (Å²) in [6, 6.07) is -0.686. The van der Waals surface area contributed by atoms with E-state index in [-0.39, 0.29) is 24.5 Å². The number of carbonyl (C=O) groups excluding carboxylic acids is 3. The summed E-state index contributed by atoms with van der Waals surface area (Å²) < 4.78 is 10.2. The molecule has 0 rings (SSSR count). The normalized spacial score (nSPS) is 13.1. The van der Waals surface area contributed by atoms with Gasteiger partial charge in [0.2, 0.25) is 11.8 Å². The van der Waals surface area contributed by atoms with E-state index in [4.69, 9.17) is 9.47 Å². The van der Waals surface area contributed by atoms with Crippen molar-refractivity contribution in [1.29, 1.82) is 0 Å². The van der Waals surface area contributed by atoms with Crippen LogP contribution in [0.3, 0.4) is 0 Å². The van der Waals surface area contributed by atoms with Crippen molar-refractivity contribution in [2.75, 3.05) is 20.3 Å². The van der Waals surface area contributed by atoms with Crippen LogP contribution in [0, 0.1) is 0 Å². The van der Waals surface area contributed by atoms with Gasteiger partial charge in [-0.2, -0.15) is 0 Å². The second-order valence-corrected chi connectivity index (χ2v) is 4.88. The molecule has 0 aliphatic heterocycles. The quantitative estimate of drug-likeness (QED) is 0.449. The molecule has 0 saturated heterocycles. The van der Waals surface area contributed by atoms with Gasteiger partial charge in [-0.05, 0) is 19.8 Å². The lowest BCUT2D eigenvalue weighted by Crippen LogP contribution is -2.41. The van der Waals surface area contributed by atoms with Crippen molar-refractivity contribution in [2.24, 2.45) is 0 Å². The molecule has 2 atom stereocenters. The Morgan fingerprint density at radius 2 is 1.76 bits per heavy atom. The second-order valence-electron chi connectivity index (χ2n) is 4.88. The third-order valence-corrected chi connectivity index (χ3v) is 2.88. The van der Waals surface area contributed by atoms with Crippen LogP contribution in [0.5, 0.6) is 0 Å². The van der Waals surface area contributed by atoms with E-state index in [0.29, 0.717) is 25.8 Å². The standard InChI is InChI=1S/C14H26N2O5/c1-10(20-4)7-9-21-14(19)13(16-12(3)18)6-5-8-15-11(2)17/h10,13H,5-9H2,1-4H3,(H,15,17)(H,16,18)/t10?,13-/m1/s1. The van der Waals surface area contributed by atoms with Crippen molar-refractivity contribution in [3.63, 3.8) is 0 Å². The van der Waals surface area contributed by atoms with Gasteiger partial charge in [-0.25, -0.2) is 4.79 Å². The van der Waals surface area contributed by atoms with E-state index >= 15 is 0 Å². The van der Waals surface area contributed by atoms with Gasteiger partial charge >= 0.3 is 5.97 Å². The molecule has 2 amide bonds. The van der Waals surface area contributed by atoms with Gasteiger partial charge < -0.3 is 20.1 Å². The minimum Gasteiger partial charge on any atom is -0.464 e. The zero-order valence-corrected chi connectivity index (χ0v) is 13.2. The van der Waals surface area contributed by atoms with Crippen LogP contribution < -0.4 is 10.6 Å². The lowest BCUT2D eigenvalue weighted by Gasteiger charge is -2.17. The van der Waals surface area contributed by atoms with Gasteiger partial charge in [-0.3, -0.25) is 9.59 Å². The summed E-state index contributed by atoms with van der Waals surface area (Å²) in [6.07, 6.45) is 1.60. The van der Waals surface area contributed by atoms with E-state index < -0.39 is 12.0 Å². The molecule has 0 radical (unpaired) electrons. The van der Waals surface area contributed by atoms with E-state index in [1.54, 1.807) is 7.11 Å². The predicted molar refractivity (Wildman–Crippen MR) is 77.6 cm³/mol. The molecular formula is C14H26N2O5. The van der Waals surface area contributed by atoms with Crippen LogP contribution in [0.25, 0.3) is 0 Å². The highest BCUT2D eigenvalue weighted by Gasteiger charge is 2.20. The maximum atomic E-state index is 11.9. The Morgan fingerprint density at radius 3 is 2.29 bits per heavy atom. The molecule has 1 unspecified atom stereocenters. The Balaban J connectivity index is 4.16. The lowest BCUT2D eigenvalue weighted by molar-refractivity contribution is -0.148. The van der Waals surface area contributed by atoms with Crippen molar-refractivity contribution in [1.82, 2.24) is 10.6 Å². The topological polar surface area (TPSA) is 93.7 Å². The van der Waals surface area contributed by atoms with Crippen LogP contribution in [0.2, 0.25) is 0 Å². The number of hydrogen-bond acceptors (Lipinski definition) is 5. The molecule has 0 aromatic rings. The zero-order chi connectivity index (χ0) is 16.3. The van der Waals surface area contributed by atoms with Crippen molar-refractivity contribution in [3.8, 4) is 0 Å². The van der Waals surface area contributed by atoms with Gasteiger partial charge in [0.15, 0.2) is 0 Å². The minimum atomic E-state index is -0.686. The van der Waals surface area contributed by atoms with Gasteiger partial charge in [-0.15, -0.1) is 0 Å². The molecule has 0 aromatic carbocycles. The maximum Gasteiger partial charge on any atom is 0.328 e. The first kappa shape index (κ1) is 19.4. The smallest absolute Gasteiger partial charge is 0.328 e. The van der Waals surface area contributed by atoms with Gasteiger partial charge in [0.05, 0.1) is 12.7 Å². The van der Waals surface area contributed by atoms with Crippen LogP contribution in [-0.4, -0.2) is 50.2 Å². The fraction of sp³-hybridized carbons (Fsp3) is 0.786. The Kier molecular flexibility index (Phi) is 10.2. The third kappa shape index (κ3) is 10.8. The Bertz CT molecular complexity index is 346. The summed E-state index contributed by atoms with van der Waals surface area (Å²) >= 11 is 0. The highest BCUT2D eigenvalue weighted by atomic mass is 16.5. The number of ether oxygens (including phenoxy) is 2. The fourth-order valence-corrected chi connectivity index (χ4v) is 1.61. The molecule has 0 saturated carbocycles. The molecule has 7 nitrogen and oxygen atoms in total. The monoisotopic (exact) mass is 302 g/mol. The molecule has 21 heavy (non-hydrogen) atoms. The van der Waals surface area contributed by atoms with Gasteiger partial charge in [0.25, 0.3) is 0 Å². The molecule has 0 aliphatic rings. The maximum absolute atomic E-state index is 11.9. The van der Waals surface area contributed by atoms with Crippen molar-refractivity contribution in [2.45, 2.75) is 52.2 Å². The van der Waals surface area contributed by atoms with Crippen LogP contribution >= 0.6 is 0 Å². The van der Waals surface area contributed by atoms with Crippen molar-refractivity contribution >= 4 is 17.8 Å². The van der Waals surface area contributed by atoms with Crippen molar-refractivity contribution < 1.29 is 23.9 Å². The predicted octanol–water partition coefficient (Wildman–Crippen LogP) is 0.376. The van der Waals surface area contributed by atoms with Gasteiger partial charge in [0, 0.05) is 33.9 Å². The number of carbonyl (C=O) groups is 3. The summed E-state index contributed by atoms with van der Waals surface area (Å²) in [5, 5.41) is 5.20. The van der Waals surface area contributed by atoms with Crippen molar-refractivity contribution in [3.05, 3.63) is 0 Å². The summed E-state index contributed by atoms with van der Waals surface area (Å²) in [4.78, 5) is 33.8. The Hall–Kier alpha value is -1.63. The zero-order valence-electron chi connectivity index (χ0n) is 13.2. The first-order valence-corrected chi connectivity index (χ1v) is 7.07. The Labute approximate surface area is 125 Å². The highest BCUT2D eigenvalue weighted by molar-refractivity contribution is 5.83. The fourth-order valence-electron chi connectivity index (χ4n) is 1.61.